The molecule has 2 aromatic rings. The number of aromatic nitrogens is 3. The number of fused-ring (bicyclic) bond motifs is 1. The maximum atomic E-state index is 11.1. The quantitative estimate of drug-likeness (QED) is 0.791. The molecule has 4 heteroatoms. The summed E-state index contributed by atoms with van der Waals surface area (Å²) in [5, 5.41) is 8.19. The molecule has 1 heterocycles. The van der Waals surface area contributed by atoms with E-state index in [9.17, 15) is 4.79 Å². The highest BCUT2D eigenvalue weighted by Crippen LogP contribution is 2.17. The zero-order chi connectivity index (χ0) is 11.7. The minimum atomic E-state index is 0.169. The van der Waals surface area contributed by atoms with Crippen molar-refractivity contribution in [3.63, 3.8) is 0 Å². The summed E-state index contributed by atoms with van der Waals surface area (Å²) in [6, 6.07) is 6.12. The Kier molecular flexibility index (Phi) is 2.73. The fraction of sp³-hybridized carbons (Fsp3) is 0.417. The van der Waals surface area contributed by atoms with Crippen molar-refractivity contribution in [1.29, 1.82) is 0 Å². The molecular formula is C12H15N3O. The lowest BCUT2D eigenvalue weighted by atomic mass is 10.1. The lowest BCUT2D eigenvalue weighted by Gasteiger charge is -2.06. The first kappa shape index (κ1) is 10.8. The van der Waals surface area contributed by atoms with E-state index in [4.69, 9.17) is 0 Å². The van der Waals surface area contributed by atoms with Crippen LogP contribution in [0.3, 0.4) is 0 Å². The van der Waals surface area contributed by atoms with Gasteiger partial charge >= 0.3 is 0 Å². The number of hydrogen-bond donors (Lipinski definition) is 0. The molecule has 0 spiro atoms. The summed E-state index contributed by atoms with van der Waals surface area (Å²) < 4.78 is 1.87. The van der Waals surface area contributed by atoms with E-state index in [1.54, 1.807) is 6.92 Å². The summed E-state index contributed by atoms with van der Waals surface area (Å²) in [6.07, 6.45) is 0.471. The first-order chi connectivity index (χ1) is 7.58. The summed E-state index contributed by atoms with van der Waals surface area (Å²) in [7, 11) is 0. The molecule has 0 amide bonds. The first-order valence-corrected chi connectivity index (χ1v) is 5.41. The Morgan fingerprint density at radius 2 is 2.19 bits per heavy atom. The number of rotatable bonds is 3. The van der Waals surface area contributed by atoms with Crippen LogP contribution in [0.4, 0.5) is 0 Å². The van der Waals surface area contributed by atoms with Crippen molar-refractivity contribution < 1.29 is 4.79 Å². The molecule has 0 saturated heterocycles. The van der Waals surface area contributed by atoms with Crippen LogP contribution in [-0.4, -0.2) is 20.8 Å². The Bertz CT molecular complexity index is 528. The van der Waals surface area contributed by atoms with Gasteiger partial charge in [0.25, 0.3) is 0 Å². The number of ketones is 1. The SMILES string of the molecule is CC(=O)Cc1ccc2nnn(C(C)C)c2c1. The number of nitrogens with zero attached hydrogens (tertiary/aromatic N) is 3. The lowest BCUT2D eigenvalue weighted by Crippen LogP contribution is -2.03. The average molecular weight is 217 g/mol. The maximum Gasteiger partial charge on any atom is 0.134 e. The molecule has 0 aliphatic carbocycles. The van der Waals surface area contributed by atoms with Crippen LogP contribution < -0.4 is 0 Å². The fourth-order valence-corrected chi connectivity index (χ4v) is 1.76. The Hall–Kier alpha value is -1.71. The molecule has 0 fully saturated rings. The molecule has 4 nitrogen and oxygen atoms in total. The normalized spacial score (nSPS) is 11.2. The second-order valence-electron chi connectivity index (χ2n) is 4.33. The summed E-state index contributed by atoms with van der Waals surface area (Å²) in [5.74, 6) is 0.169. The van der Waals surface area contributed by atoms with Crippen LogP contribution in [0.25, 0.3) is 11.0 Å². The minimum absolute atomic E-state index is 0.169. The molecule has 0 radical (unpaired) electrons. The predicted octanol–water partition coefficient (Wildman–Crippen LogP) is 2.14. The van der Waals surface area contributed by atoms with E-state index in [2.05, 4.69) is 24.2 Å². The highest BCUT2D eigenvalue weighted by molar-refractivity contribution is 5.81. The molecular weight excluding hydrogens is 202 g/mol. The molecule has 84 valence electrons. The van der Waals surface area contributed by atoms with Crippen LogP contribution in [-0.2, 0) is 11.2 Å². The van der Waals surface area contributed by atoms with Crippen molar-refractivity contribution >= 4 is 16.8 Å². The van der Waals surface area contributed by atoms with Crippen LogP contribution in [0.2, 0.25) is 0 Å². The highest BCUT2D eigenvalue weighted by Gasteiger charge is 2.08. The van der Waals surface area contributed by atoms with Crippen molar-refractivity contribution in [3.8, 4) is 0 Å². The molecule has 16 heavy (non-hydrogen) atoms. The molecule has 0 N–H and O–H groups in total. The summed E-state index contributed by atoms with van der Waals surface area (Å²) in [5.41, 5.74) is 2.89. The van der Waals surface area contributed by atoms with Crippen LogP contribution in [0.15, 0.2) is 18.2 Å². The number of carbonyl (C=O) groups excluding carboxylic acids is 1. The van der Waals surface area contributed by atoms with E-state index in [-0.39, 0.29) is 11.8 Å². The molecule has 0 saturated carbocycles. The summed E-state index contributed by atoms with van der Waals surface area (Å²) >= 11 is 0. The molecule has 0 aliphatic heterocycles. The van der Waals surface area contributed by atoms with Gasteiger partial charge in [-0.2, -0.15) is 0 Å². The second kappa shape index (κ2) is 4.04. The number of carbonyl (C=O) groups is 1. The fourth-order valence-electron chi connectivity index (χ4n) is 1.76. The van der Waals surface area contributed by atoms with E-state index in [0.717, 1.165) is 16.6 Å². The Balaban J connectivity index is 2.50. The van der Waals surface area contributed by atoms with E-state index in [1.165, 1.54) is 0 Å². The van der Waals surface area contributed by atoms with Gasteiger partial charge in [0, 0.05) is 12.5 Å². The van der Waals surface area contributed by atoms with E-state index in [0.29, 0.717) is 6.42 Å². The third-order valence-corrected chi connectivity index (χ3v) is 2.48. The van der Waals surface area contributed by atoms with Crippen LogP contribution in [0.5, 0.6) is 0 Å². The minimum Gasteiger partial charge on any atom is -0.300 e. The van der Waals surface area contributed by atoms with E-state index >= 15 is 0 Å². The molecule has 2 rings (SSSR count). The summed E-state index contributed by atoms with van der Waals surface area (Å²) in [4.78, 5) is 11.1. The largest absolute Gasteiger partial charge is 0.300 e. The zero-order valence-electron chi connectivity index (χ0n) is 9.77. The lowest BCUT2D eigenvalue weighted by molar-refractivity contribution is -0.116. The number of Topliss-reactive ketones (excluding diaryl/α,β-unsaturated/α-hetero) is 1. The summed E-state index contributed by atoms with van der Waals surface area (Å²) in [6.45, 7) is 5.72. The molecule has 0 unspecified atom stereocenters. The van der Waals surface area contributed by atoms with Crippen LogP contribution in [0, 0.1) is 0 Å². The van der Waals surface area contributed by atoms with Gasteiger partial charge < -0.3 is 0 Å². The average Bonchev–Trinajstić information content (AvgIpc) is 2.59. The first-order valence-electron chi connectivity index (χ1n) is 5.41. The van der Waals surface area contributed by atoms with Crippen LogP contribution >= 0.6 is 0 Å². The van der Waals surface area contributed by atoms with Gasteiger partial charge in [-0.1, -0.05) is 11.3 Å². The maximum absolute atomic E-state index is 11.1. The monoisotopic (exact) mass is 217 g/mol. The topological polar surface area (TPSA) is 47.8 Å². The molecule has 0 atom stereocenters. The third kappa shape index (κ3) is 1.96. The predicted molar refractivity (Wildman–Crippen MR) is 62.3 cm³/mol. The standard InChI is InChI=1S/C12H15N3O/c1-8(2)15-12-7-10(6-9(3)16)4-5-11(12)13-14-15/h4-5,7-8H,6H2,1-3H3. The van der Waals surface area contributed by atoms with Crippen molar-refractivity contribution in [1.82, 2.24) is 15.0 Å². The number of benzene rings is 1. The van der Waals surface area contributed by atoms with Gasteiger partial charge in [-0.05, 0) is 38.5 Å². The van der Waals surface area contributed by atoms with Gasteiger partial charge in [0.2, 0.25) is 0 Å². The van der Waals surface area contributed by atoms with Crippen molar-refractivity contribution in [3.05, 3.63) is 23.8 Å². The van der Waals surface area contributed by atoms with E-state index in [1.807, 2.05) is 22.9 Å². The van der Waals surface area contributed by atoms with Gasteiger partial charge in [0.15, 0.2) is 0 Å². The Labute approximate surface area is 94.3 Å². The Morgan fingerprint density at radius 3 is 2.81 bits per heavy atom. The molecule has 0 bridgehead atoms. The van der Waals surface area contributed by atoms with Gasteiger partial charge in [0.05, 0.1) is 5.52 Å². The van der Waals surface area contributed by atoms with Crippen molar-refractivity contribution in [2.75, 3.05) is 0 Å². The second-order valence-corrected chi connectivity index (χ2v) is 4.33. The smallest absolute Gasteiger partial charge is 0.134 e. The number of hydrogen-bond acceptors (Lipinski definition) is 3. The van der Waals surface area contributed by atoms with E-state index < -0.39 is 0 Å². The molecule has 1 aromatic carbocycles. The molecule has 0 aliphatic rings. The van der Waals surface area contributed by atoms with Crippen molar-refractivity contribution in [2.24, 2.45) is 0 Å². The van der Waals surface area contributed by atoms with Gasteiger partial charge in [-0.3, -0.25) is 4.79 Å². The molecule has 1 aromatic heterocycles. The van der Waals surface area contributed by atoms with Gasteiger partial charge in [-0.15, -0.1) is 5.10 Å². The van der Waals surface area contributed by atoms with Gasteiger partial charge in [0.1, 0.15) is 11.3 Å². The van der Waals surface area contributed by atoms with Gasteiger partial charge in [-0.25, -0.2) is 4.68 Å². The third-order valence-electron chi connectivity index (χ3n) is 2.48. The van der Waals surface area contributed by atoms with Crippen LogP contribution in [0.1, 0.15) is 32.4 Å². The van der Waals surface area contributed by atoms with Crippen molar-refractivity contribution in [2.45, 2.75) is 33.2 Å². The highest BCUT2D eigenvalue weighted by atomic mass is 16.1. The Morgan fingerprint density at radius 1 is 1.44 bits per heavy atom. The zero-order valence-corrected chi connectivity index (χ0v) is 9.77.